The molecule has 1 aromatic heterocycles. The zero-order valence-electron chi connectivity index (χ0n) is 31.9. The normalized spacial score (nSPS) is 12.0. The molecule has 12 nitrogen and oxygen atoms in total. The van der Waals surface area contributed by atoms with Gasteiger partial charge in [0.2, 0.25) is 0 Å². The van der Waals surface area contributed by atoms with Gasteiger partial charge in [-0.3, -0.25) is 9.52 Å². The van der Waals surface area contributed by atoms with E-state index in [2.05, 4.69) is 10.3 Å². The molecule has 0 spiro atoms. The standard InChI is InChI=1S/C39H36F7N5O7S/c1-6-7-15-57-36(53)51(37(54)58-38(2,3)4)19-26-30(40)32(42)34(33(43)31(26)41)59(55,56)49-23-13-11-21(12-14-23)35(52)48-24-10-8-9-22(16-24)25-17-28-29(50(5)20-47-28)18-27(25)39(44,45)46/h8-14,16-18,20,49H,6-7,15,19H2,1-5H3,(H,48,52). The Bertz CT molecular complexity index is 2510. The molecule has 20 heteroatoms. The van der Waals surface area contributed by atoms with E-state index in [1.807, 2.05) is 0 Å². The van der Waals surface area contributed by atoms with Gasteiger partial charge >= 0.3 is 18.4 Å². The molecule has 2 N–H and O–H groups in total. The number of rotatable bonds is 11. The van der Waals surface area contributed by atoms with Crippen LogP contribution in [0.5, 0.6) is 0 Å². The van der Waals surface area contributed by atoms with Gasteiger partial charge in [0.05, 0.1) is 36.1 Å². The molecule has 0 bridgehead atoms. The molecular weight excluding hydrogens is 816 g/mol. The highest BCUT2D eigenvalue weighted by Gasteiger charge is 2.37. The number of hydrogen-bond donors (Lipinski definition) is 2. The van der Waals surface area contributed by atoms with Crippen LogP contribution < -0.4 is 10.0 Å². The summed E-state index contributed by atoms with van der Waals surface area (Å²) in [5.74, 6) is -10.0. The fraction of sp³-hybridized carbons (Fsp3) is 0.282. The number of carbonyl (C=O) groups excluding carboxylic acids is 3. The molecule has 0 saturated heterocycles. The number of aromatic nitrogens is 2. The number of alkyl halides is 3. The van der Waals surface area contributed by atoms with Gasteiger partial charge in [-0.05, 0) is 86.8 Å². The minimum atomic E-state index is -5.44. The van der Waals surface area contributed by atoms with Crippen molar-refractivity contribution in [2.75, 3.05) is 16.6 Å². The largest absolute Gasteiger partial charge is 0.449 e. The first-order chi connectivity index (χ1) is 27.5. The first-order valence-corrected chi connectivity index (χ1v) is 19.1. The van der Waals surface area contributed by atoms with E-state index in [0.717, 1.165) is 30.3 Å². The summed E-state index contributed by atoms with van der Waals surface area (Å²) in [6.45, 7) is 4.33. The van der Waals surface area contributed by atoms with Crippen LogP contribution in [-0.4, -0.2) is 53.2 Å². The highest BCUT2D eigenvalue weighted by Crippen LogP contribution is 2.40. The van der Waals surface area contributed by atoms with Gasteiger partial charge in [0.1, 0.15) is 5.60 Å². The van der Waals surface area contributed by atoms with Crippen LogP contribution in [0.1, 0.15) is 62.0 Å². The van der Waals surface area contributed by atoms with E-state index in [-0.39, 0.29) is 39.4 Å². The van der Waals surface area contributed by atoms with Crippen LogP contribution in [0.3, 0.4) is 0 Å². The summed E-state index contributed by atoms with van der Waals surface area (Å²) in [7, 11) is -3.89. The Hall–Kier alpha value is -6.18. The molecular formula is C39H36F7N5O7S. The molecule has 314 valence electrons. The number of imide groups is 1. The third kappa shape index (κ3) is 9.93. The molecule has 0 aliphatic rings. The number of ether oxygens (including phenoxy) is 2. The SMILES string of the molecule is CCCCOC(=O)N(Cc1c(F)c(F)c(S(=O)(=O)Nc2ccc(C(=O)Nc3cccc(-c4cc5ncn(C)c5cc4C(F)(F)F)c3)cc2)c(F)c1F)C(=O)OC(C)(C)C. The van der Waals surface area contributed by atoms with Gasteiger partial charge in [-0.2, -0.15) is 13.2 Å². The van der Waals surface area contributed by atoms with Gasteiger partial charge in [-0.15, -0.1) is 0 Å². The van der Waals surface area contributed by atoms with Gasteiger partial charge < -0.3 is 19.4 Å². The zero-order valence-corrected chi connectivity index (χ0v) is 32.7. The molecule has 4 aromatic carbocycles. The molecule has 0 aliphatic carbocycles. The Morgan fingerprint density at radius 3 is 2.10 bits per heavy atom. The summed E-state index contributed by atoms with van der Waals surface area (Å²) in [5.41, 5.74) is -3.63. The number of unbranched alkanes of at least 4 members (excludes halogenated alkanes) is 1. The number of hydrogen-bond acceptors (Lipinski definition) is 8. The number of amides is 3. The second kappa shape index (κ2) is 17.0. The van der Waals surface area contributed by atoms with Crippen LogP contribution >= 0.6 is 0 Å². The predicted octanol–water partition coefficient (Wildman–Crippen LogP) is 9.54. The zero-order chi connectivity index (χ0) is 43.6. The molecule has 5 aromatic rings. The van der Waals surface area contributed by atoms with E-state index in [9.17, 15) is 36.0 Å². The molecule has 0 radical (unpaired) electrons. The van der Waals surface area contributed by atoms with Crippen molar-refractivity contribution in [2.24, 2.45) is 7.05 Å². The molecule has 0 fully saturated rings. The second-order valence-electron chi connectivity index (χ2n) is 14.1. The third-order valence-corrected chi connectivity index (χ3v) is 9.86. The third-order valence-electron chi connectivity index (χ3n) is 8.46. The first-order valence-electron chi connectivity index (χ1n) is 17.6. The topological polar surface area (TPSA) is 149 Å². The first kappa shape index (κ1) is 43.9. The van der Waals surface area contributed by atoms with Crippen molar-refractivity contribution in [3.05, 3.63) is 107 Å². The Morgan fingerprint density at radius 1 is 0.864 bits per heavy atom. The van der Waals surface area contributed by atoms with Gasteiger partial charge in [0, 0.05) is 29.5 Å². The summed E-state index contributed by atoms with van der Waals surface area (Å²) in [4.78, 5) is 40.7. The Morgan fingerprint density at radius 2 is 1.51 bits per heavy atom. The maximum atomic E-state index is 15.4. The fourth-order valence-electron chi connectivity index (χ4n) is 5.60. The maximum Gasteiger partial charge on any atom is 0.420 e. The lowest BCUT2D eigenvalue weighted by Crippen LogP contribution is -2.41. The number of sulfonamides is 1. The lowest BCUT2D eigenvalue weighted by atomic mass is 9.98. The van der Waals surface area contributed by atoms with Crippen molar-refractivity contribution in [3.8, 4) is 11.1 Å². The van der Waals surface area contributed by atoms with E-state index >= 15 is 17.6 Å². The molecule has 3 amide bonds. The molecule has 59 heavy (non-hydrogen) atoms. The highest BCUT2D eigenvalue weighted by molar-refractivity contribution is 7.92. The van der Waals surface area contributed by atoms with Gasteiger partial charge in [-0.1, -0.05) is 25.5 Å². The molecule has 1 heterocycles. The highest BCUT2D eigenvalue weighted by atomic mass is 32.2. The average Bonchev–Trinajstić information content (AvgIpc) is 3.51. The van der Waals surface area contributed by atoms with E-state index in [1.54, 1.807) is 18.7 Å². The summed E-state index contributed by atoms with van der Waals surface area (Å²) in [6, 6.07) is 11.9. The quantitative estimate of drug-likeness (QED) is 0.0759. The predicted molar refractivity (Wildman–Crippen MR) is 201 cm³/mol. The number of anilines is 2. The van der Waals surface area contributed by atoms with Gasteiger partial charge in [0.25, 0.3) is 15.9 Å². The summed E-state index contributed by atoms with van der Waals surface area (Å²) >= 11 is 0. The van der Waals surface area contributed by atoms with Crippen LogP contribution in [0.2, 0.25) is 0 Å². The van der Waals surface area contributed by atoms with Crippen LogP contribution in [0.25, 0.3) is 22.2 Å². The molecule has 0 atom stereocenters. The van der Waals surface area contributed by atoms with Crippen molar-refractivity contribution in [1.82, 2.24) is 14.5 Å². The van der Waals surface area contributed by atoms with Gasteiger partial charge in [0.15, 0.2) is 28.2 Å². The Balaban J connectivity index is 1.35. The Labute approximate surface area is 333 Å². The number of aryl methyl sites for hydroxylation is 1. The van der Waals surface area contributed by atoms with Gasteiger partial charge in [-0.25, -0.2) is 45.5 Å². The van der Waals surface area contributed by atoms with Crippen molar-refractivity contribution >= 4 is 50.5 Å². The summed E-state index contributed by atoms with van der Waals surface area (Å²) in [5, 5.41) is 2.52. The molecule has 0 saturated carbocycles. The van der Waals surface area contributed by atoms with E-state index in [0.29, 0.717) is 18.4 Å². The maximum absolute atomic E-state index is 15.4. The molecule has 0 unspecified atom stereocenters. The monoisotopic (exact) mass is 851 g/mol. The number of nitrogens with one attached hydrogen (secondary N) is 2. The average molecular weight is 852 g/mol. The summed E-state index contributed by atoms with van der Waals surface area (Å²) < 4.78 is 143. The number of imidazole rings is 1. The Kier molecular flexibility index (Phi) is 12.6. The lowest BCUT2D eigenvalue weighted by Gasteiger charge is -2.26. The lowest BCUT2D eigenvalue weighted by molar-refractivity contribution is -0.137. The number of halogens is 7. The van der Waals surface area contributed by atoms with Crippen molar-refractivity contribution in [1.29, 1.82) is 0 Å². The number of benzene rings is 4. The number of carbonyl (C=O) groups is 3. The van der Waals surface area contributed by atoms with Crippen LogP contribution in [0, 0.1) is 23.3 Å². The smallest absolute Gasteiger partial charge is 0.420 e. The van der Waals surface area contributed by atoms with Crippen LogP contribution in [0.15, 0.2) is 71.9 Å². The molecule has 0 aliphatic heterocycles. The second-order valence-corrected chi connectivity index (χ2v) is 15.7. The summed E-state index contributed by atoms with van der Waals surface area (Å²) in [6.07, 6.45) is -5.38. The van der Waals surface area contributed by atoms with E-state index in [4.69, 9.17) is 9.47 Å². The van der Waals surface area contributed by atoms with Crippen LogP contribution in [0.4, 0.5) is 51.7 Å². The van der Waals surface area contributed by atoms with E-state index < -0.39 is 91.4 Å². The fourth-order valence-corrected chi connectivity index (χ4v) is 6.80. The minimum Gasteiger partial charge on any atom is -0.449 e. The minimum absolute atomic E-state index is 0.0639. The van der Waals surface area contributed by atoms with Crippen molar-refractivity contribution in [3.63, 3.8) is 0 Å². The van der Waals surface area contributed by atoms with E-state index in [1.165, 1.54) is 62.0 Å². The van der Waals surface area contributed by atoms with Crippen molar-refractivity contribution < 1.29 is 63.0 Å². The number of nitrogens with zero attached hydrogens (tertiary/aromatic N) is 3. The van der Waals surface area contributed by atoms with Crippen molar-refractivity contribution in [2.45, 2.75) is 63.8 Å². The number of fused-ring (bicyclic) bond motifs is 1. The molecule has 5 rings (SSSR count). The van der Waals surface area contributed by atoms with Crippen LogP contribution in [-0.2, 0) is 39.3 Å².